The van der Waals surface area contributed by atoms with Crippen molar-refractivity contribution < 1.29 is 22.7 Å². The van der Waals surface area contributed by atoms with E-state index in [1.165, 1.54) is 10.4 Å². The number of aldehydes is 1. The number of halogens is 1. The molecule has 0 aliphatic rings. The summed E-state index contributed by atoms with van der Waals surface area (Å²) in [7, 11) is -3.65. The Morgan fingerprint density at radius 2 is 1.86 bits per heavy atom. The van der Waals surface area contributed by atoms with Crippen LogP contribution in [0.1, 0.15) is 29.8 Å². The SMILES string of the molecule is CCN(CC)S(=O)(=O)c1cc(NC(=O)COc2ccc(Br)cc2C=O)ccc1C. The van der Waals surface area contributed by atoms with Crippen molar-refractivity contribution in [3.63, 3.8) is 0 Å². The molecule has 0 aliphatic heterocycles. The molecule has 0 aromatic heterocycles. The van der Waals surface area contributed by atoms with Crippen molar-refractivity contribution in [3.05, 3.63) is 52.0 Å². The van der Waals surface area contributed by atoms with Gasteiger partial charge in [-0.3, -0.25) is 9.59 Å². The van der Waals surface area contributed by atoms with E-state index in [9.17, 15) is 18.0 Å². The van der Waals surface area contributed by atoms with E-state index in [1.807, 2.05) is 0 Å². The first-order chi connectivity index (χ1) is 13.7. The zero-order valence-corrected chi connectivity index (χ0v) is 18.8. The van der Waals surface area contributed by atoms with Gasteiger partial charge in [0.05, 0.1) is 10.5 Å². The summed E-state index contributed by atoms with van der Waals surface area (Å²) in [5.41, 5.74) is 1.26. The van der Waals surface area contributed by atoms with Gasteiger partial charge in [-0.2, -0.15) is 4.31 Å². The average Bonchev–Trinajstić information content (AvgIpc) is 2.69. The van der Waals surface area contributed by atoms with Crippen LogP contribution >= 0.6 is 15.9 Å². The number of rotatable bonds is 9. The fourth-order valence-electron chi connectivity index (χ4n) is 2.74. The number of nitrogens with zero attached hydrogens (tertiary/aromatic N) is 1. The Kier molecular flexibility index (Phi) is 7.95. The van der Waals surface area contributed by atoms with E-state index in [4.69, 9.17) is 4.74 Å². The minimum Gasteiger partial charge on any atom is -0.483 e. The third kappa shape index (κ3) is 5.65. The van der Waals surface area contributed by atoms with E-state index in [0.717, 1.165) is 4.47 Å². The lowest BCUT2D eigenvalue weighted by Gasteiger charge is -2.20. The Morgan fingerprint density at radius 1 is 1.17 bits per heavy atom. The summed E-state index contributed by atoms with van der Waals surface area (Å²) in [6.45, 7) is 5.64. The summed E-state index contributed by atoms with van der Waals surface area (Å²) in [4.78, 5) is 23.5. The molecule has 156 valence electrons. The summed E-state index contributed by atoms with van der Waals surface area (Å²) in [5, 5.41) is 2.63. The quantitative estimate of drug-likeness (QED) is 0.550. The van der Waals surface area contributed by atoms with E-state index in [1.54, 1.807) is 51.1 Å². The van der Waals surface area contributed by atoms with E-state index >= 15 is 0 Å². The Labute approximate surface area is 179 Å². The number of sulfonamides is 1. The maximum absolute atomic E-state index is 12.8. The minimum atomic E-state index is -3.65. The molecule has 29 heavy (non-hydrogen) atoms. The van der Waals surface area contributed by atoms with Crippen molar-refractivity contribution in [2.45, 2.75) is 25.7 Å². The Balaban J connectivity index is 2.15. The van der Waals surface area contributed by atoms with Crippen molar-refractivity contribution in [3.8, 4) is 5.75 Å². The van der Waals surface area contributed by atoms with Crippen LogP contribution in [-0.2, 0) is 14.8 Å². The van der Waals surface area contributed by atoms with Gasteiger partial charge in [-0.15, -0.1) is 0 Å². The first-order valence-electron chi connectivity index (χ1n) is 9.01. The lowest BCUT2D eigenvalue weighted by Crippen LogP contribution is -2.31. The standard InChI is InChI=1S/C20H23BrN2O5S/c1-4-23(5-2)29(26,27)19-11-17(8-6-14(19)3)22-20(25)13-28-18-9-7-16(21)10-15(18)12-24/h6-12H,4-5,13H2,1-3H3,(H,22,25). The molecule has 0 bridgehead atoms. The first-order valence-corrected chi connectivity index (χ1v) is 11.2. The van der Waals surface area contributed by atoms with Gasteiger partial charge in [0, 0.05) is 23.2 Å². The van der Waals surface area contributed by atoms with Crippen molar-refractivity contribution in [2.75, 3.05) is 25.0 Å². The summed E-state index contributed by atoms with van der Waals surface area (Å²) in [6, 6.07) is 9.59. The molecule has 0 fully saturated rings. The van der Waals surface area contributed by atoms with Crippen LogP contribution in [0, 0.1) is 6.92 Å². The number of nitrogens with one attached hydrogen (secondary N) is 1. The Bertz CT molecular complexity index is 1000. The van der Waals surface area contributed by atoms with Crippen molar-refractivity contribution in [2.24, 2.45) is 0 Å². The van der Waals surface area contributed by atoms with E-state index in [2.05, 4.69) is 21.2 Å². The number of carbonyl (C=O) groups excluding carboxylic acids is 2. The van der Waals surface area contributed by atoms with Crippen LogP contribution < -0.4 is 10.1 Å². The summed E-state index contributed by atoms with van der Waals surface area (Å²) >= 11 is 3.26. The number of benzene rings is 2. The van der Waals surface area contributed by atoms with Gasteiger partial charge in [0.15, 0.2) is 12.9 Å². The van der Waals surface area contributed by atoms with Crippen LogP contribution in [0.2, 0.25) is 0 Å². The maximum atomic E-state index is 12.8. The fourth-order valence-corrected chi connectivity index (χ4v) is 4.83. The predicted octanol–water partition coefficient (Wildman–Crippen LogP) is 3.62. The van der Waals surface area contributed by atoms with Gasteiger partial charge in [-0.25, -0.2) is 8.42 Å². The van der Waals surface area contributed by atoms with Gasteiger partial charge in [0.1, 0.15) is 5.75 Å². The van der Waals surface area contributed by atoms with Crippen LogP contribution in [0.25, 0.3) is 0 Å². The molecule has 0 aliphatic carbocycles. The molecule has 0 spiro atoms. The number of aryl methyl sites for hydroxylation is 1. The molecule has 2 aromatic carbocycles. The lowest BCUT2D eigenvalue weighted by molar-refractivity contribution is -0.118. The third-order valence-electron chi connectivity index (χ3n) is 4.25. The number of amides is 1. The molecule has 0 atom stereocenters. The van der Waals surface area contributed by atoms with E-state index < -0.39 is 15.9 Å². The smallest absolute Gasteiger partial charge is 0.262 e. The molecular formula is C20H23BrN2O5S. The molecule has 0 saturated heterocycles. The van der Waals surface area contributed by atoms with Crippen molar-refractivity contribution >= 4 is 43.8 Å². The molecule has 0 heterocycles. The molecule has 9 heteroatoms. The highest BCUT2D eigenvalue weighted by Gasteiger charge is 2.24. The van der Waals surface area contributed by atoms with Gasteiger partial charge < -0.3 is 10.1 Å². The number of ether oxygens (including phenoxy) is 1. The molecule has 2 aromatic rings. The Hall–Kier alpha value is -2.23. The molecule has 1 N–H and O–H groups in total. The Morgan fingerprint density at radius 3 is 2.48 bits per heavy atom. The number of anilines is 1. The van der Waals surface area contributed by atoms with Gasteiger partial charge in [-0.05, 0) is 42.8 Å². The number of hydrogen-bond acceptors (Lipinski definition) is 5. The lowest BCUT2D eigenvalue weighted by atomic mass is 10.2. The van der Waals surface area contributed by atoms with E-state index in [-0.39, 0.29) is 17.3 Å². The molecule has 7 nitrogen and oxygen atoms in total. The van der Waals surface area contributed by atoms with Gasteiger partial charge in [0.25, 0.3) is 5.91 Å². The highest BCUT2D eigenvalue weighted by molar-refractivity contribution is 9.10. The minimum absolute atomic E-state index is 0.149. The number of carbonyl (C=O) groups is 2. The highest BCUT2D eigenvalue weighted by Crippen LogP contribution is 2.24. The molecule has 1 amide bonds. The second-order valence-corrected chi connectivity index (χ2v) is 9.03. The zero-order chi connectivity index (χ0) is 21.6. The average molecular weight is 483 g/mol. The first kappa shape index (κ1) is 23.1. The van der Waals surface area contributed by atoms with Crippen LogP contribution in [0.4, 0.5) is 5.69 Å². The normalized spacial score (nSPS) is 11.3. The monoisotopic (exact) mass is 482 g/mol. The number of hydrogen-bond donors (Lipinski definition) is 1. The summed E-state index contributed by atoms with van der Waals surface area (Å²) in [6.07, 6.45) is 0.641. The van der Waals surface area contributed by atoms with Crippen molar-refractivity contribution in [1.82, 2.24) is 4.31 Å². The van der Waals surface area contributed by atoms with Gasteiger partial charge >= 0.3 is 0 Å². The van der Waals surface area contributed by atoms with Crippen LogP contribution in [0.15, 0.2) is 45.8 Å². The van der Waals surface area contributed by atoms with E-state index in [0.29, 0.717) is 36.2 Å². The summed E-state index contributed by atoms with van der Waals surface area (Å²) < 4.78 is 33.1. The molecular weight excluding hydrogens is 460 g/mol. The molecule has 0 saturated carbocycles. The largest absolute Gasteiger partial charge is 0.483 e. The topological polar surface area (TPSA) is 92.8 Å². The predicted molar refractivity (Wildman–Crippen MR) is 115 cm³/mol. The molecule has 0 radical (unpaired) electrons. The zero-order valence-electron chi connectivity index (χ0n) is 16.4. The highest BCUT2D eigenvalue weighted by atomic mass is 79.9. The third-order valence-corrected chi connectivity index (χ3v) is 6.94. The maximum Gasteiger partial charge on any atom is 0.262 e. The molecule has 2 rings (SSSR count). The second-order valence-electron chi connectivity index (χ2n) is 6.21. The van der Waals surface area contributed by atoms with Crippen LogP contribution in [-0.4, -0.2) is 44.6 Å². The summed E-state index contributed by atoms with van der Waals surface area (Å²) in [5.74, 6) is -0.188. The van der Waals surface area contributed by atoms with Crippen LogP contribution in [0.3, 0.4) is 0 Å². The van der Waals surface area contributed by atoms with Gasteiger partial charge in [0.2, 0.25) is 10.0 Å². The van der Waals surface area contributed by atoms with Crippen molar-refractivity contribution in [1.29, 1.82) is 0 Å². The fraction of sp³-hybridized carbons (Fsp3) is 0.300. The van der Waals surface area contributed by atoms with Gasteiger partial charge in [-0.1, -0.05) is 35.8 Å². The van der Waals surface area contributed by atoms with Crippen LogP contribution in [0.5, 0.6) is 5.75 Å². The molecule has 0 unspecified atom stereocenters. The second kappa shape index (κ2) is 10.00.